The second kappa shape index (κ2) is 34.9. The Morgan fingerprint density at radius 1 is 0.593 bits per heavy atom. The summed E-state index contributed by atoms with van der Waals surface area (Å²) < 4.78 is 135. The van der Waals surface area contributed by atoms with Gasteiger partial charge in [0.2, 0.25) is 10.0 Å². The highest BCUT2D eigenvalue weighted by molar-refractivity contribution is 7.92. The van der Waals surface area contributed by atoms with Crippen LogP contribution in [-0.2, 0) is 64.5 Å². The molecule has 8 atom stereocenters. The van der Waals surface area contributed by atoms with Crippen molar-refractivity contribution in [3.8, 4) is 17.1 Å². The third-order valence-corrected chi connectivity index (χ3v) is 24.6. The average molecular weight is 1570 g/mol. The van der Waals surface area contributed by atoms with Crippen LogP contribution in [0.1, 0.15) is 217 Å². The van der Waals surface area contributed by atoms with Crippen LogP contribution in [0, 0.1) is 57.5 Å². The summed E-state index contributed by atoms with van der Waals surface area (Å²) in [6.45, 7) is 8.59. The molecule has 5 aliphatic carbocycles. The first-order valence-corrected chi connectivity index (χ1v) is 40.4. The lowest BCUT2D eigenvalue weighted by atomic mass is 9.68. The minimum absolute atomic E-state index is 0.00804. The van der Waals surface area contributed by atoms with Crippen molar-refractivity contribution in [2.24, 2.45) is 16.7 Å². The average Bonchev–Trinajstić information content (AvgIpc) is 1.56. The minimum Gasteiger partial charge on any atom is -0.508 e. The second-order valence-electron chi connectivity index (χ2n) is 31.6. The van der Waals surface area contributed by atoms with Crippen LogP contribution in [-0.4, -0.2) is 80.3 Å². The Morgan fingerprint density at radius 2 is 1.11 bits per heavy atom. The highest BCUT2D eigenvalue weighted by Gasteiger charge is 2.60. The molecule has 3 heterocycles. The van der Waals surface area contributed by atoms with Crippen LogP contribution in [0.25, 0.3) is 17.5 Å². The Bertz CT molecular complexity index is 5200. The molecule has 0 aliphatic heterocycles. The molecule has 7 aromatic carbocycles. The van der Waals surface area contributed by atoms with Crippen LogP contribution < -0.4 is 15.4 Å². The number of phenols is 1. The van der Waals surface area contributed by atoms with Crippen molar-refractivity contribution >= 4 is 33.9 Å². The number of benzene rings is 7. The molecule has 2 fully saturated rings. The van der Waals surface area contributed by atoms with Crippen LogP contribution in [0.4, 0.5) is 30.7 Å². The van der Waals surface area contributed by atoms with Gasteiger partial charge in [-0.1, -0.05) is 119 Å². The molecule has 16 nitrogen and oxygen atoms in total. The van der Waals surface area contributed by atoms with Crippen molar-refractivity contribution in [2.45, 2.75) is 186 Å². The molecule has 2 bridgehead atoms. The zero-order valence-corrected chi connectivity index (χ0v) is 64.7. The number of carbonyl (C=O) groups is 3. The summed E-state index contributed by atoms with van der Waals surface area (Å²) in [5.41, 5.74) is 10.5. The Morgan fingerprint density at radius 3 is 1.64 bits per heavy atom. The molecule has 24 heteroatoms. The molecule has 0 saturated heterocycles. The van der Waals surface area contributed by atoms with E-state index in [9.17, 15) is 49.9 Å². The number of aromatic amines is 1. The number of H-pyrrole nitrogens is 1. The SMILES string of the molecule is CC12CCC(C1)C(C)(C)[C@H]2NC(=O)c1nn(-c2ccc(F)cc2F)c2c1CCCCC2Cc1ccc(F)cc1.COC(=O)[C@@H](Cc1ccc(O)cc1)NC(=O)c1nn(-c2ccc(F)cc2F)c2c1CCCCC2Cc1ccc(F)cc1.C[C@H](NS(=O)(=O)/C=C/c1n[nH]c2c1CCCCC2Cc1cccc(F)c1)c1ccccc1. The lowest BCUT2D eigenvalue weighted by Crippen LogP contribution is -2.52. The number of carbonyl (C=O) groups excluding carboxylic acids is 3. The van der Waals surface area contributed by atoms with Crippen molar-refractivity contribution in [1.82, 2.24) is 45.1 Å². The van der Waals surface area contributed by atoms with Crippen molar-refractivity contribution in [3.63, 3.8) is 0 Å². The summed E-state index contributed by atoms with van der Waals surface area (Å²) in [4.78, 5) is 40.4. The van der Waals surface area contributed by atoms with Gasteiger partial charge in [0, 0.05) is 76.2 Å². The second-order valence-corrected chi connectivity index (χ2v) is 33.2. The predicted molar refractivity (Wildman–Crippen MR) is 418 cm³/mol. The van der Waals surface area contributed by atoms with Crippen LogP contribution >= 0.6 is 0 Å². The molecule has 2 amide bonds. The third-order valence-electron chi connectivity index (χ3n) is 23.5. The fraction of sp³-hybridized carbons (Fsp3) is 0.371. The van der Waals surface area contributed by atoms with Crippen molar-refractivity contribution in [3.05, 3.63) is 289 Å². The first kappa shape index (κ1) is 80.6. The van der Waals surface area contributed by atoms with Gasteiger partial charge >= 0.3 is 5.97 Å². The quantitative estimate of drug-likeness (QED) is 0.0276. The van der Waals surface area contributed by atoms with E-state index in [-0.39, 0.29) is 93.3 Å². The van der Waals surface area contributed by atoms with Gasteiger partial charge in [-0.15, -0.1) is 0 Å². The Labute approximate surface area is 654 Å². The Hall–Kier alpha value is -10.5. The fourth-order valence-electron chi connectivity index (χ4n) is 17.8. The topological polar surface area (TPSA) is 215 Å². The first-order chi connectivity index (χ1) is 54.2. The summed E-state index contributed by atoms with van der Waals surface area (Å²) in [5, 5.41) is 33.8. The number of nitrogens with one attached hydrogen (secondary N) is 4. The van der Waals surface area contributed by atoms with Gasteiger partial charge in [0.15, 0.2) is 23.0 Å². The number of nitrogens with zero attached hydrogens (tertiary/aromatic N) is 5. The Balaban J connectivity index is 0.000000150. The molecule has 2 saturated carbocycles. The van der Waals surface area contributed by atoms with Crippen LogP contribution in [0.5, 0.6) is 5.75 Å². The molecule has 0 spiro atoms. The van der Waals surface area contributed by atoms with E-state index in [2.05, 4.69) is 51.4 Å². The number of esters is 1. The number of phenolic OH excluding ortho intramolecular Hbond substituents is 1. The van der Waals surface area contributed by atoms with Gasteiger partial charge in [0.05, 0.1) is 24.2 Å². The van der Waals surface area contributed by atoms with E-state index in [4.69, 9.17) is 9.84 Å². The largest absolute Gasteiger partial charge is 0.508 e. The fourth-order valence-corrected chi connectivity index (χ4v) is 18.8. The smallest absolute Gasteiger partial charge is 0.328 e. The van der Waals surface area contributed by atoms with E-state index < -0.39 is 51.2 Å². The zero-order chi connectivity index (χ0) is 79.9. The summed E-state index contributed by atoms with van der Waals surface area (Å²) in [5.74, 6) is -4.77. The van der Waals surface area contributed by atoms with E-state index >= 15 is 8.78 Å². The third kappa shape index (κ3) is 18.8. The van der Waals surface area contributed by atoms with E-state index in [0.717, 1.165) is 140 Å². The monoisotopic (exact) mass is 1570 g/mol. The van der Waals surface area contributed by atoms with Crippen LogP contribution in [0.15, 0.2) is 169 Å². The Kier molecular flexibility index (Phi) is 24.9. The van der Waals surface area contributed by atoms with Gasteiger partial charge in [0.1, 0.15) is 52.3 Å². The molecule has 592 valence electrons. The lowest BCUT2D eigenvalue weighted by Gasteiger charge is -2.43. The maximum atomic E-state index is 15.2. The number of sulfonamides is 1. The number of hydrogen-bond acceptors (Lipinski definition) is 10. The van der Waals surface area contributed by atoms with Gasteiger partial charge < -0.3 is 20.5 Å². The molecule has 113 heavy (non-hydrogen) atoms. The standard InChI is InChI=1S/C32H30F3N3O4.C32H36F3N3O.C25H28FN3O2S/c1-42-32(41)27(17-20-8-13-24(39)14-9-20)36-31(40)29-25-5-3-2-4-21(16-19-6-10-22(33)11-7-19)30(25)38(37-29)28-15-12-23(34)18-26(28)35;1-31(2)21-14-15-32(3,18-21)30(31)36-29(39)27-24-7-5-4-6-20(16-19-8-10-22(33)11-9-19)28(24)38(37-27)26-13-12-23(34)17-25(26)35;1-18(20-9-3-2-4-10-20)29-32(30,31)15-14-24-23-13-6-5-11-21(25(23)28-27-24)16-19-8-7-12-22(26)17-19/h6-15,18,21,27,39H,2-5,16-17H2,1H3,(H,36,40);8-13,17,20-21,30H,4-7,14-16,18H2,1-3H3,(H,36,39);2-4,7-10,12,14-15,17-18,21,29H,5-6,11,13,16H2,1H3,(H,27,28)/b;;15-14+/t21?,27-;20?,21?,30-,32?;18-,21?/m110/s1. The number of fused-ring (bicyclic) bond motifs is 5. The first-order valence-electron chi connectivity index (χ1n) is 38.9. The molecule has 3 aromatic heterocycles. The van der Waals surface area contributed by atoms with Gasteiger partial charge in [-0.2, -0.15) is 15.3 Å². The molecule has 5 N–H and O–H groups in total. The number of rotatable bonds is 20. The number of hydrogen-bond donors (Lipinski definition) is 5. The molecule has 15 rings (SSSR count). The predicted octanol–water partition coefficient (Wildman–Crippen LogP) is 18.1. The molecular formula is C89H94F7N9O7S. The molecule has 10 aromatic rings. The normalized spacial score (nSPS) is 20.2. The number of halogens is 7. The van der Waals surface area contributed by atoms with E-state index in [0.29, 0.717) is 66.2 Å². The summed E-state index contributed by atoms with van der Waals surface area (Å²) in [7, 11) is -2.41. The van der Waals surface area contributed by atoms with Gasteiger partial charge in [-0.05, 0) is 227 Å². The number of aromatic nitrogens is 6. The van der Waals surface area contributed by atoms with Gasteiger partial charge in [-0.3, -0.25) is 14.7 Å². The van der Waals surface area contributed by atoms with E-state index in [1.807, 2.05) is 43.3 Å². The van der Waals surface area contributed by atoms with Gasteiger partial charge in [0.25, 0.3) is 11.8 Å². The maximum absolute atomic E-state index is 15.2. The molecule has 5 unspecified atom stereocenters. The summed E-state index contributed by atoms with van der Waals surface area (Å²) >= 11 is 0. The molecule has 5 aliphatic rings. The van der Waals surface area contributed by atoms with E-state index in [1.54, 1.807) is 54.6 Å². The number of methoxy groups -OCH3 is 1. The molecule has 0 radical (unpaired) electrons. The van der Waals surface area contributed by atoms with Crippen molar-refractivity contribution < 1.29 is 63.4 Å². The maximum Gasteiger partial charge on any atom is 0.328 e. The highest BCUT2D eigenvalue weighted by Crippen LogP contribution is 2.62. The summed E-state index contributed by atoms with van der Waals surface area (Å²) in [6, 6.07) is 40.2. The number of ether oxygens (including phenoxy) is 1. The summed E-state index contributed by atoms with van der Waals surface area (Å²) in [6.07, 6.45) is 16.9. The minimum atomic E-state index is -3.63. The van der Waals surface area contributed by atoms with E-state index in [1.165, 1.54) is 89.0 Å². The number of aromatic hydroxyl groups is 1. The van der Waals surface area contributed by atoms with Crippen molar-refractivity contribution in [1.29, 1.82) is 0 Å². The zero-order valence-electron chi connectivity index (χ0n) is 63.9. The van der Waals surface area contributed by atoms with Gasteiger partial charge in [-0.25, -0.2) is 58.0 Å². The molecular weight excluding hydrogens is 1470 g/mol. The van der Waals surface area contributed by atoms with Crippen LogP contribution in [0.3, 0.4) is 0 Å². The van der Waals surface area contributed by atoms with Crippen molar-refractivity contribution in [2.75, 3.05) is 7.11 Å². The van der Waals surface area contributed by atoms with Crippen LogP contribution in [0.2, 0.25) is 0 Å². The number of amides is 2. The lowest BCUT2D eigenvalue weighted by molar-refractivity contribution is -0.142. The highest BCUT2D eigenvalue weighted by atomic mass is 32.2.